The molecule has 1 amide bonds. The number of amides is 1. The van der Waals surface area contributed by atoms with Crippen LogP contribution in [0.2, 0.25) is 5.02 Å². The molecule has 1 unspecified atom stereocenters. The van der Waals surface area contributed by atoms with Crippen LogP contribution < -0.4 is 5.32 Å². The second-order valence-corrected chi connectivity index (χ2v) is 7.68. The van der Waals surface area contributed by atoms with Crippen molar-refractivity contribution in [2.75, 3.05) is 33.4 Å². The zero-order valence-corrected chi connectivity index (χ0v) is 15.9. The van der Waals surface area contributed by atoms with Crippen LogP contribution in [0.1, 0.15) is 31.2 Å². The number of methoxy groups -OCH3 is 1. The van der Waals surface area contributed by atoms with Gasteiger partial charge in [0.05, 0.1) is 11.7 Å². The van der Waals surface area contributed by atoms with Gasteiger partial charge in [-0.25, -0.2) is 0 Å². The molecule has 2 aliphatic heterocycles. The largest absolute Gasteiger partial charge is 0.508 e. The Morgan fingerprint density at radius 1 is 1.42 bits per heavy atom. The van der Waals surface area contributed by atoms with Crippen molar-refractivity contribution in [1.29, 1.82) is 0 Å². The quantitative estimate of drug-likeness (QED) is 0.790. The Kier molecular flexibility index (Phi) is 6.40. The predicted molar refractivity (Wildman–Crippen MR) is 99.4 cm³/mol. The Labute approximate surface area is 159 Å². The molecular weight excluding hydrogens is 356 g/mol. The van der Waals surface area contributed by atoms with E-state index in [1.165, 1.54) is 7.11 Å². The molecule has 2 fully saturated rings. The van der Waals surface area contributed by atoms with E-state index in [1.807, 2.05) is 6.07 Å². The van der Waals surface area contributed by atoms with Crippen LogP contribution in [0.5, 0.6) is 5.75 Å². The van der Waals surface area contributed by atoms with Gasteiger partial charge in [-0.2, -0.15) is 0 Å². The predicted octanol–water partition coefficient (Wildman–Crippen LogP) is 2.32. The summed E-state index contributed by atoms with van der Waals surface area (Å²) in [6.45, 7) is 3.18. The first kappa shape index (κ1) is 19.4. The lowest BCUT2D eigenvalue weighted by Crippen LogP contribution is -2.45. The number of aromatic hydroxyl groups is 1. The van der Waals surface area contributed by atoms with Crippen molar-refractivity contribution >= 4 is 17.5 Å². The van der Waals surface area contributed by atoms with E-state index in [0.29, 0.717) is 23.9 Å². The molecule has 2 aliphatic rings. The summed E-state index contributed by atoms with van der Waals surface area (Å²) in [4.78, 5) is 13.8. The van der Waals surface area contributed by atoms with Gasteiger partial charge in [0.1, 0.15) is 12.4 Å². The van der Waals surface area contributed by atoms with E-state index in [0.717, 1.165) is 44.3 Å². The molecule has 2 heterocycles. The van der Waals surface area contributed by atoms with Gasteiger partial charge in [-0.3, -0.25) is 9.69 Å². The highest BCUT2D eigenvalue weighted by molar-refractivity contribution is 6.30. The number of likely N-dealkylation sites (tertiary alicyclic amines) is 1. The summed E-state index contributed by atoms with van der Waals surface area (Å²) in [7, 11) is 1.51. The number of rotatable bonds is 6. The molecular formula is C19H27ClN2O4. The highest BCUT2D eigenvalue weighted by Gasteiger charge is 2.42. The van der Waals surface area contributed by atoms with E-state index in [9.17, 15) is 9.90 Å². The molecule has 0 aromatic heterocycles. The molecule has 2 N–H and O–H groups in total. The fourth-order valence-corrected chi connectivity index (χ4v) is 4.05. The Morgan fingerprint density at radius 2 is 2.19 bits per heavy atom. The van der Waals surface area contributed by atoms with E-state index in [4.69, 9.17) is 21.1 Å². The molecule has 0 bridgehead atoms. The molecule has 2 saturated heterocycles. The van der Waals surface area contributed by atoms with Gasteiger partial charge in [-0.1, -0.05) is 11.6 Å². The van der Waals surface area contributed by atoms with Crippen LogP contribution in [-0.4, -0.2) is 61.0 Å². The lowest BCUT2D eigenvalue weighted by atomic mass is 9.88. The van der Waals surface area contributed by atoms with Gasteiger partial charge in [-0.15, -0.1) is 0 Å². The summed E-state index contributed by atoms with van der Waals surface area (Å²) in [5.41, 5.74) is 0.795. The number of carbonyl (C=O) groups is 1. The van der Waals surface area contributed by atoms with E-state index in [2.05, 4.69) is 10.2 Å². The molecule has 0 radical (unpaired) electrons. The molecule has 1 atom stereocenters. The summed E-state index contributed by atoms with van der Waals surface area (Å²) in [5, 5.41) is 13.5. The van der Waals surface area contributed by atoms with Gasteiger partial charge in [-0.05, 0) is 43.9 Å². The van der Waals surface area contributed by atoms with Crippen LogP contribution in [-0.2, 0) is 20.8 Å². The van der Waals surface area contributed by atoms with Gasteiger partial charge >= 0.3 is 0 Å². The Hall–Kier alpha value is -1.34. The summed E-state index contributed by atoms with van der Waals surface area (Å²) in [5.74, 6) is 0.187. The van der Waals surface area contributed by atoms with Gasteiger partial charge in [0.15, 0.2) is 0 Å². The number of piperidine rings is 1. The number of halogens is 1. The molecule has 6 nitrogen and oxygen atoms in total. The van der Waals surface area contributed by atoms with Crippen molar-refractivity contribution in [2.24, 2.45) is 0 Å². The molecule has 0 aliphatic carbocycles. The number of carbonyl (C=O) groups excluding carboxylic acids is 1. The fraction of sp³-hybridized carbons (Fsp3) is 0.632. The van der Waals surface area contributed by atoms with E-state index < -0.39 is 0 Å². The molecule has 3 rings (SSSR count). The number of nitrogens with zero attached hydrogens (tertiary/aromatic N) is 1. The third kappa shape index (κ3) is 4.88. The van der Waals surface area contributed by atoms with E-state index in [1.54, 1.807) is 12.1 Å². The maximum absolute atomic E-state index is 11.5. The molecule has 0 saturated carbocycles. The zero-order valence-electron chi connectivity index (χ0n) is 15.2. The Balaban J connectivity index is 1.46. The maximum atomic E-state index is 11.5. The second-order valence-electron chi connectivity index (χ2n) is 7.25. The third-order valence-electron chi connectivity index (χ3n) is 5.34. The first-order valence-electron chi connectivity index (χ1n) is 9.13. The summed E-state index contributed by atoms with van der Waals surface area (Å²) < 4.78 is 11.1. The Bertz CT molecular complexity index is 632. The number of hydrogen-bond acceptors (Lipinski definition) is 5. The zero-order chi connectivity index (χ0) is 18.6. The SMILES string of the molecule is COCC(=O)NCC1CCC2(CCN(Cc3cc(Cl)ccc3O)CC2)O1. The lowest BCUT2D eigenvalue weighted by Gasteiger charge is -2.39. The minimum atomic E-state index is -0.104. The third-order valence-corrected chi connectivity index (χ3v) is 5.58. The van der Waals surface area contributed by atoms with Gasteiger partial charge in [0, 0.05) is 43.9 Å². The van der Waals surface area contributed by atoms with Crippen molar-refractivity contribution in [3.63, 3.8) is 0 Å². The van der Waals surface area contributed by atoms with Crippen LogP contribution in [0.15, 0.2) is 18.2 Å². The van der Waals surface area contributed by atoms with Gasteiger partial charge < -0.3 is 19.9 Å². The van der Waals surface area contributed by atoms with Crippen molar-refractivity contribution in [1.82, 2.24) is 10.2 Å². The molecule has 26 heavy (non-hydrogen) atoms. The van der Waals surface area contributed by atoms with E-state index in [-0.39, 0.29) is 24.2 Å². The van der Waals surface area contributed by atoms with Gasteiger partial charge in [0.2, 0.25) is 5.91 Å². The maximum Gasteiger partial charge on any atom is 0.246 e. The number of phenolic OH excluding ortho intramolecular Hbond substituents is 1. The summed E-state index contributed by atoms with van der Waals surface area (Å²) >= 11 is 6.03. The van der Waals surface area contributed by atoms with Crippen LogP contribution in [0.25, 0.3) is 0 Å². The van der Waals surface area contributed by atoms with Crippen LogP contribution >= 0.6 is 11.6 Å². The molecule has 1 aromatic carbocycles. The number of ether oxygens (including phenoxy) is 2. The highest BCUT2D eigenvalue weighted by atomic mass is 35.5. The topological polar surface area (TPSA) is 71.0 Å². The first-order chi connectivity index (χ1) is 12.5. The van der Waals surface area contributed by atoms with Gasteiger partial charge in [0.25, 0.3) is 0 Å². The van der Waals surface area contributed by atoms with Crippen molar-refractivity contribution < 1.29 is 19.4 Å². The standard InChI is InChI=1S/C19H27ClN2O4/c1-25-13-18(24)21-11-16-4-5-19(26-16)6-8-22(9-7-19)12-14-10-15(20)2-3-17(14)23/h2-3,10,16,23H,4-9,11-13H2,1H3,(H,21,24). The van der Waals surface area contributed by atoms with Crippen LogP contribution in [0.4, 0.5) is 0 Å². The van der Waals surface area contributed by atoms with Crippen molar-refractivity contribution in [2.45, 2.75) is 43.9 Å². The first-order valence-corrected chi connectivity index (χ1v) is 9.51. The molecule has 1 spiro atoms. The van der Waals surface area contributed by atoms with Crippen LogP contribution in [0.3, 0.4) is 0 Å². The smallest absolute Gasteiger partial charge is 0.246 e. The molecule has 1 aromatic rings. The average Bonchev–Trinajstić information content (AvgIpc) is 3.02. The normalized spacial score (nSPS) is 22.6. The highest BCUT2D eigenvalue weighted by Crippen LogP contribution is 2.39. The second kappa shape index (κ2) is 8.57. The number of benzene rings is 1. The van der Waals surface area contributed by atoms with Crippen molar-refractivity contribution in [3.8, 4) is 5.75 Å². The Morgan fingerprint density at radius 3 is 2.92 bits per heavy atom. The fourth-order valence-electron chi connectivity index (χ4n) is 3.86. The number of nitrogens with one attached hydrogen (secondary N) is 1. The molecule has 7 heteroatoms. The summed E-state index contributed by atoms with van der Waals surface area (Å²) in [6.07, 6.45) is 4.03. The van der Waals surface area contributed by atoms with Crippen LogP contribution in [0, 0.1) is 0 Å². The minimum Gasteiger partial charge on any atom is -0.508 e. The number of phenols is 1. The number of hydrogen-bond donors (Lipinski definition) is 2. The summed E-state index contributed by atoms with van der Waals surface area (Å²) in [6, 6.07) is 5.17. The van der Waals surface area contributed by atoms with E-state index >= 15 is 0 Å². The van der Waals surface area contributed by atoms with Crippen molar-refractivity contribution in [3.05, 3.63) is 28.8 Å². The molecule has 144 valence electrons. The minimum absolute atomic E-state index is 0.0659. The lowest BCUT2D eigenvalue weighted by molar-refractivity contribution is -0.126. The monoisotopic (exact) mass is 382 g/mol. The average molecular weight is 383 g/mol.